The van der Waals surface area contributed by atoms with E-state index in [0.29, 0.717) is 0 Å². The maximum atomic E-state index is 3.72. The Bertz CT molecular complexity index is 167. The zero-order chi connectivity index (χ0) is 8.69. The van der Waals surface area contributed by atoms with Gasteiger partial charge < -0.3 is 4.90 Å². The summed E-state index contributed by atoms with van der Waals surface area (Å²) in [6.07, 6.45) is 0. The molecule has 1 nitrogen and oxygen atoms in total. The van der Waals surface area contributed by atoms with Gasteiger partial charge in [-0.25, -0.2) is 0 Å². The highest BCUT2D eigenvalue weighted by molar-refractivity contribution is 5.22. The summed E-state index contributed by atoms with van der Waals surface area (Å²) in [5, 5.41) is 0. The third kappa shape index (κ3) is 5.69. The van der Waals surface area contributed by atoms with Crippen molar-refractivity contribution in [3.05, 3.63) is 12.2 Å². The highest BCUT2D eigenvalue weighted by atomic mass is 15.1. The average Bonchev–Trinajstić information content (AvgIpc) is 1.98. The van der Waals surface area contributed by atoms with E-state index in [4.69, 9.17) is 0 Å². The molecule has 0 aliphatic rings. The van der Waals surface area contributed by atoms with Gasteiger partial charge in [-0.15, -0.1) is 0 Å². The first kappa shape index (κ1) is 10.3. The molecule has 0 heterocycles. The molecule has 0 fully saturated rings. The summed E-state index contributed by atoms with van der Waals surface area (Å²) in [5.74, 6) is 6.08. The molecule has 0 saturated carbocycles. The summed E-state index contributed by atoms with van der Waals surface area (Å²) in [7, 11) is 0. The van der Waals surface area contributed by atoms with Crippen LogP contribution in [-0.4, -0.2) is 19.6 Å². The third-order valence-electron chi connectivity index (χ3n) is 1.64. The monoisotopic (exact) mass is 152 g/mol. The second kappa shape index (κ2) is 6.00. The highest BCUT2D eigenvalue weighted by Crippen LogP contribution is 1.77. The molecule has 0 amide bonds. The van der Waals surface area contributed by atoms with E-state index in [1.165, 1.54) is 4.90 Å². The quantitative estimate of drug-likeness (QED) is 0.561. The fraction of sp³-hybridized carbons (Fsp3) is 0.600. The summed E-state index contributed by atoms with van der Waals surface area (Å²) in [5.41, 5.74) is 0.955. The van der Waals surface area contributed by atoms with Crippen LogP contribution in [0.1, 0.15) is 20.8 Å². The van der Waals surface area contributed by atoms with E-state index in [-0.39, 0.29) is 0 Å². The van der Waals surface area contributed by atoms with Gasteiger partial charge in [0.15, 0.2) is 0 Å². The first-order chi connectivity index (χ1) is 5.20. The number of nitrogens with one attached hydrogen (secondary N) is 1. The van der Waals surface area contributed by atoms with Gasteiger partial charge in [-0.05, 0) is 32.3 Å². The van der Waals surface area contributed by atoms with Gasteiger partial charge in [0.2, 0.25) is 0 Å². The van der Waals surface area contributed by atoms with Gasteiger partial charge in [-0.1, -0.05) is 12.5 Å². The van der Waals surface area contributed by atoms with E-state index < -0.39 is 0 Å². The Morgan fingerprint density at radius 2 is 1.91 bits per heavy atom. The second-order valence-electron chi connectivity index (χ2n) is 2.72. The Morgan fingerprint density at radius 1 is 1.36 bits per heavy atom. The SMILES string of the molecule is C=C(C)C#CC[NH+](CC)CC. The minimum atomic E-state index is 0.944. The van der Waals surface area contributed by atoms with Gasteiger partial charge in [-0.2, -0.15) is 0 Å². The normalized spacial score (nSPS) is 9.09. The van der Waals surface area contributed by atoms with Crippen LogP contribution in [0.5, 0.6) is 0 Å². The molecule has 0 saturated heterocycles. The molecule has 0 atom stereocenters. The maximum absolute atomic E-state index is 3.72. The zero-order valence-electron chi connectivity index (χ0n) is 7.83. The Labute approximate surface area is 70.1 Å². The van der Waals surface area contributed by atoms with Crippen molar-refractivity contribution < 1.29 is 4.90 Å². The lowest BCUT2D eigenvalue weighted by molar-refractivity contribution is -0.889. The fourth-order valence-electron chi connectivity index (χ4n) is 0.820. The van der Waals surface area contributed by atoms with E-state index in [0.717, 1.165) is 25.2 Å². The predicted octanol–water partition coefficient (Wildman–Crippen LogP) is 0.491. The Kier molecular flexibility index (Phi) is 5.60. The molecule has 62 valence electrons. The average molecular weight is 152 g/mol. The molecule has 0 aromatic carbocycles. The minimum absolute atomic E-state index is 0.944. The molecule has 1 N–H and O–H groups in total. The molecule has 0 unspecified atom stereocenters. The van der Waals surface area contributed by atoms with Gasteiger partial charge in [-0.3, -0.25) is 0 Å². The molecule has 0 aliphatic carbocycles. The molecule has 0 rings (SSSR count). The van der Waals surface area contributed by atoms with Gasteiger partial charge >= 0.3 is 0 Å². The van der Waals surface area contributed by atoms with Crippen LogP contribution < -0.4 is 4.90 Å². The van der Waals surface area contributed by atoms with E-state index in [1.807, 2.05) is 6.92 Å². The summed E-state index contributed by atoms with van der Waals surface area (Å²) in [4.78, 5) is 1.53. The van der Waals surface area contributed by atoms with Crippen LogP contribution in [0, 0.1) is 11.8 Å². The van der Waals surface area contributed by atoms with Crippen LogP contribution in [0.3, 0.4) is 0 Å². The van der Waals surface area contributed by atoms with Gasteiger partial charge in [0, 0.05) is 0 Å². The number of rotatable bonds is 3. The first-order valence-corrected chi connectivity index (χ1v) is 4.18. The molecule has 0 bridgehead atoms. The molecule has 0 aliphatic heterocycles. The minimum Gasteiger partial charge on any atom is -0.325 e. The van der Waals surface area contributed by atoms with Crippen LogP contribution in [0.15, 0.2) is 12.2 Å². The van der Waals surface area contributed by atoms with Crippen molar-refractivity contribution in [2.75, 3.05) is 19.6 Å². The van der Waals surface area contributed by atoms with E-state index in [9.17, 15) is 0 Å². The standard InChI is InChI=1S/C10H17N/c1-5-11(6-2)9-7-8-10(3)4/h3,5-6,9H2,1-2,4H3/p+1. The third-order valence-corrected chi connectivity index (χ3v) is 1.64. The van der Waals surface area contributed by atoms with Crippen molar-refractivity contribution in [3.8, 4) is 11.8 Å². The van der Waals surface area contributed by atoms with Crippen molar-refractivity contribution in [2.45, 2.75) is 20.8 Å². The van der Waals surface area contributed by atoms with Crippen molar-refractivity contribution in [1.82, 2.24) is 0 Å². The van der Waals surface area contributed by atoms with E-state index in [1.54, 1.807) is 0 Å². The van der Waals surface area contributed by atoms with Gasteiger partial charge in [0.05, 0.1) is 13.1 Å². The molecule has 0 aromatic heterocycles. The number of hydrogen-bond acceptors (Lipinski definition) is 0. The van der Waals surface area contributed by atoms with Crippen LogP contribution in [-0.2, 0) is 0 Å². The van der Waals surface area contributed by atoms with Crippen LogP contribution in [0.4, 0.5) is 0 Å². The lowest BCUT2D eigenvalue weighted by atomic mass is 10.3. The molecule has 0 spiro atoms. The van der Waals surface area contributed by atoms with E-state index in [2.05, 4.69) is 32.3 Å². The number of allylic oxidation sites excluding steroid dienone is 1. The van der Waals surface area contributed by atoms with Crippen LogP contribution in [0.25, 0.3) is 0 Å². The van der Waals surface area contributed by atoms with Crippen molar-refractivity contribution >= 4 is 0 Å². The topological polar surface area (TPSA) is 4.44 Å². The van der Waals surface area contributed by atoms with Crippen molar-refractivity contribution in [3.63, 3.8) is 0 Å². The maximum Gasteiger partial charge on any atom is 0.139 e. The molecule has 11 heavy (non-hydrogen) atoms. The Balaban J connectivity index is 3.69. The summed E-state index contributed by atoms with van der Waals surface area (Å²) < 4.78 is 0. The summed E-state index contributed by atoms with van der Waals surface area (Å²) in [6, 6.07) is 0. The van der Waals surface area contributed by atoms with Crippen LogP contribution in [0.2, 0.25) is 0 Å². The van der Waals surface area contributed by atoms with Gasteiger partial charge in [0.1, 0.15) is 6.54 Å². The Hall–Kier alpha value is -0.740. The predicted molar refractivity (Wildman–Crippen MR) is 49.5 cm³/mol. The second-order valence-corrected chi connectivity index (χ2v) is 2.72. The summed E-state index contributed by atoms with van der Waals surface area (Å²) in [6.45, 7) is 13.3. The number of hydrogen-bond donors (Lipinski definition) is 1. The lowest BCUT2D eigenvalue weighted by Crippen LogP contribution is -3.11. The highest BCUT2D eigenvalue weighted by Gasteiger charge is 1.96. The largest absolute Gasteiger partial charge is 0.325 e. The van der Waals surface area contributed by atoms with Crippen molar-refractivity contribution in [1.29, 1.82) is 0 Å². The van der Waals surface area contributed by atoms with Gasteiger partial charge in [0.25, 0.3) is 0 Å². The number of quaternary nitrogens is 1. The molecular formula is C10H18N+. The Morgan fingerprint density at radius 3 is 2.27 bits per heavy atom. The molecule has 0 radical (unpaired) electrons. The smallest absolute Gasteiger partial charge is 0.139 e. The first-order valence-electron chi connectivity index (χ1n) is 4.18. The molecular weight excluding hydrogens is 134 g/mol. The fourth-order valence-corrected chi connectivity index (χ4v) is 0.820. The van der Waals surface area contributed by atoms with Crippen molar-refractivity contribution in [2.24, 2.45) is 0 Å². The molecule has 1 heteroatoms. The summed E-state index contributed by atoms with van der Waals surface area (Å²) >= 11 is 0. The zero-order valence-corrected chi connectivity index (χ0v) is 7.83. The lowest BCUT2D eigenvalue weighted by Gasteiger charge is -2.10. The van der Waals surface area contributed by atoms with Crippen LogP contribution >= 0.6 is 0 Å². The van der Waals surface area contributed by atoms with E-state index >= 15 is 0 Å². The molecule has 0 aromatic rings.